The highest BCUT2D eigenvalue weighted by Crippen LogP contribution is 2.43. The summed E-state index contributed by atoms with van der Waals surface area (Å²) in [5.41, 5.74) is -0.449. The molecule has 1 atom stereocenters. The molecule has 2 fully saturated rings. The van der Waals surface area contributed by atoms with Crippen molar-refractivity contribution in [2.75, 3.05) is 6.61 Å². The summed E-state index contributed by atoms with van der Waals surface area (Å²) in [6.45, 7) is 0.820. The number of aliphatic carboxylic acids is 1. The zero-order valence-electron chi connectivity index (χ0n) is 8.50. The Hall–Kier alpha value is -0.570. The van der Waals surface area contributed by atoms with Crippen molar-refractivity contribution in [1.82, 2.24) is 0 Å². The highest BCUT2D eigenvalue weighted by Gasteiger charge is 2.43. The van der Waals surface area contributed by atoms with Crippen LogP contribution in [0.4, 0.5) is 0 Å². The van der Waals surface area contributed by atoms with Crippen LogP contribution in [0.3, 0.4) is 0 Å². The number of carboxylic acid groups (broad SMARTS) is 1. The first-order valence-electron chi connectivity index (χ1n) is 5.58. The van der Waals surface area contributed by atoms with Crippen LogP contribution in [-0.4, -0.2) is 23.8 Å². The van der Waals surface area contributed by atoms with Crippen molar-refractivity contribution in [3.63, 3.8) is 0 Å². The van der Waals surface area contributed by atoms with Crippen LogP contribution in [0.2, 0.25) is 0 Å². The van der Waals surface area contributed by atoms with E-state index in [0.717, 1.165) is 51.6 Å². The molecule has 1 aliphatic heterocycles. The van der Waals surface area contributed by atoms with E-state index in [2.05, 4.69) is 0 Å². The number of ether oxygens (including phenoxy) is 1. The highest BCUT2D eigenvalue weighted by molar-refractivity contribution is 5.75. The van der Waals surface area contributed by atoms with E-state index in [1.165, 1.54) is 0 Å². The molecule has 0 bridgehead atoms. The van der Waals surface area contributed by atoms with Crippen molar-refractivity contribution < 1.29 is 14.6 Å². The third-order valence-electron chi connectivity index (χ3n) is 3.66. The molecule has 2 rings (SSSR count). The Morgan fingerprint density at radius 1 is 1.36 bits per heavy atom. The van der Waals surface area contributed by atoms with E-state index in [0.29, 0.717) is 0 Å². The molecule has 0 aromatic carbocycles. The van der Waals surface area contributed by atoms with E-state index < -0.39 is 11.4 Å². The normalized spacial score (nSPS) is 30.7. The van der Waals surface area contributed by atoms with Gasteiger partial charge in [-0.05, 0) is 32.1 Å². The monoisotopic (exact) mass is 198 g/mol. The maximum atomic E-state index is 11.3. The van der Waals surface area contributed by atoms with Crippen LogP contribution in [0.15, 0.2) is 0 Å². The summed E-state index contributed by atoms with van der Waals surface area (Å²) in [6.07, 6.45) is 6.93. The first kappa shape index (κ1) is 9.97. The van der Waals surface area contributed by atoms with Crippen molar-refractivity contribution in [1.29, 1.82) is 0 Å². The quantitative estimate of drug-likeness (QED) is 0.756. The summed E-state index contributed by atoms with van der Waals surface area (Å²) in [4.78, 5) is 11.3. The zero-order chi connectivity index (χ0) is 10.0. The average Bonchev–Trinajstić information content (AvgIpc) is 2.76. The number of rotatable bonds is 3. The minimum Gasteiger partial charge on any atom is -0.481 e. The molecule has 0 amide bonds. The molecular formula is C11H18O3. The lowest BCUT2D eigenvalue weighted by Crippen LogP contribution is -2.32. The van der Waals surface area contributed by atoms with Gasteiger partial charge in [0.1, 0.15) is 0 Å². The number of carbonyl (C=O) groups is 1. The highest BCUT2D eigenvalue weighted by atomic mass is 16.5. The van der Waals surface area contributed by atoms with E-state index in [9.17, 15) is 9.90 Å². The first-order valence-corrected chi connectivity index (χ1v) is 5.58. The fourth-order valence-corrected chi connectivity index (χ4v) is 2.80. The minimum atomic E-state index is -0.606. The summed E-state index contributed by atoms with van der Waals surface area (Å²) in [5, 5.41) is 9.27. The van der Waals surface area contributed by atoms with Crippen LogP contribution in [0, 0.1) is 5.41 Å². The molecule has 3 heteroatoms. The van der Waals surface area contributed by atoms with Crippen molar-refractivity contribution >= 4 is 5.97 Å². The van der Waals surface area contributed by atoms with Crippen molar-refractivity contribution in [2.45, 2.75) is 51.0 Å². The van der Waals surface area contributed by atoms with E-state index in [1.54, 1.807) is 0 Å². The first-order chi connectivity index (χ1) is 6.73. The van der Waals surface area contributed by atoms with E-state index in [4.69, 9.17) is 4.74 Å². The fraction of sp³-hybridized carbons (Fsp3) is 0.909. The van der Waals surface area contributed by atoms with E-state index >= 15 is 0 Å². The van der Waals surface area contributed by atoms with Gasteiger partial charge in [0, 0.05) is 6.61 Å². The molecule has 1 saturated carbocycles. The Labute approximate surface area is 84.4 Å². The molecule has 1 aliphatic carbocycles. The molecule has 14 heavy (non-hydrogen) atoms. The molecule has 2 aliphatic rings. The predicted molar refractivity (Wildman–Crippen MR) is 52.1 cm³/mol. The maximum Gasteiger partial charge on any atom is 0.309 e. The summed E-state index contributed by atoms with van der Waals surface area (Å²) >= 11 is 0. The molecule has 0 aromatic rings. The second-order valence-electron chi connectivity index (χ2n) is 4.63. The van der Waals surface area contributed by atoms with Gasteiger partial charge in [-0.1, -0.05) is 12.8 Å². The van der Waals surface area contributed by atoms with Crippen molar-refractivity contribution in [2.24, 2.45) is 5.41 Å². The molecule has 1 N–H and O–H groups in total. The number of hydrogen-bond acceptors (Lipinski definition) is 2. The molecule has 0 aromatic heterocycles. The summed E-state index contributed by atoms with van der Waals surface area (Å²) in [6, 6.07) is 0. The third-order valence-corrected chi connectivity index (χ3v) is 3.66. The van der Waals surface area contributed by atoms with Crippen molar-refractivity contribution in [3.8, 4) is 0 Å². The fourth-order valence-electron chi connectivity index (χ4n) is 2.80. The molecule has 0 radical (unpaired) electrons. The van der Waals surface area contributed by atoms with Gasteiger partial charge < -0.3 is 9.84 Å². The Morgan fingerprint density at radius 3 is 2.57 bits per heavy atom. The summed E-state index contributed by atoms with van der Waals surface area (Å²) in [5.74, 6) is -0.606. The molecule has 1 heterocycles. The van der Waals surface area contributed by atoms with Crippen LogP contribution in [-0.2, 0) is 9.53 Å². The molecule has 3 nitrogen and oxygen atoms in total. The summed E-state index contributed by atoms with van der Waals surface area (Å²) < 4.78 is 5.53. The SMILES string of the molecule is O=C(O)C1(CC2CCCO2)CCCC1. The molecule has 1 saturated heterocycles. The van der Waals surface area contributed by atoms with Gasteiger partial charge in [-0.3, -0.25) is 4.79 Å². The Balaban J connectivity index is 1.99. The zero-order valence-corrected chi connectivity index (χ0v) is 8.50. The molecule has 1 unspecified atom stereocenters. The van der Waals surface area contributed by atoms with Gasteiger partial charge in [-0.2, -0.15) is 0 Å². The lowest BCUT2D eigenvalue weighted by atomic mass is 9.80. The van der Waals surface area contributed by atoms with Gasteiger partial charge in [-0.15, -0.1) is 0 Å². The van der Waals surface area contributed by atoms with Crippen LogP contribution in [0.5, 0.6) is 0 Å². The molecule has 0 spiro atoms. The lowest BCUT2D eigenvalue weighted by Gasteiger charge is -2.26. The second-order valence-corrected chi connectivity index (χ2v) is 4.63. The lowest BCUT2D eigenvalue weighted by molar-refractivity contribution is -0.150. The van der Waals surface area contributed by atoms with Gasteiger partial charge in [0.2, 0.25) is 0 Å². The van der Waals surface area contributed by atoms with Crippen molar-refractivity contribution in [3.05, 3.63) is 0 Å². The van der Waals surface area contributed by atoms with Gasteiger partial charge in [0.05, 0.1) is 11.5 Å². The Bertz CT molecular complexity index is 213. The van der Waals surface area contributed by atoms with Crippen LogP contribution in [0.25, 0.3) is 0 Å². The topological polar surface area (TPSA) is 46.5 Å². The second kappa shape index (κ2) is 3.89. The van der Waals surface area contributed by atoms with Crippen LogP contribution in [0.1, 0.15) is 44.9 Å². The third kappa shape index (κ3) is 1.78. The smallest absolute Gasteiger partial charge is 0.309 e. The predicted octanol–water partition coefficient (Wildman–Crippen LogP) is 2.20. The summed E-state index contributed by atoms with van der Waals surface area (Å²) in [7, 11) is 0. The molecular weight excluding hydrogens is 180 g/mol. The Morgan fingerprint density at radius 2 is 2.07 bits per heavy atom. The van der Waals surface area contributed by atoms with E-state index in [1.807, 2.05) is 0 Å². The average molecular weight is 198 g/mol. The standard InChI is InChI=1S/C11H18O3/c12-10(13)11(5-1-2-6-11)8-9-4-3-7-14-9/h9H,1-8H2,(H,12,13). The maximum absolute atomic E-state index is 11.3. The van der Waals surface area contributed by atoms with Gasteiger partial charge >= 0.3 is 5.97 Å². The Kier molecular flexibility index (Phi) is 2.77. The van der Waals surface area contributed by atoms with Crippen LogP contribution < -0.4 is 0 Å². The van der Waals surface area contributed by atoms with E-state index in [-0.39, 0.29) is 6.10 Å². The van der Waals surface area contributed by atoms with Crippen LogP contribution >= 0.6 is 0 Å². The van der Waals surface area contributed by atoms with Gasteiger partial charge in [-0.25, -0.2) is 0 Å². The molecule has 80 valence electrons. The minimum absolute atomic E-state index is 0.212. The largest absolute Gasteiger partial charge is 0.481 e. The number of carboxylic acids is 1. The van der Waals surface area contributed by atoms with Gasteiger partial charge in [0.25, 0.3) is 0 Å². The van der Waals surface area contributed by atoms with Gasteiger partial charge in [0.15, 0.2) is 0 Å². The number of hydrogen-bond donors (Lipinski definition) is 1.